The fourth-order valence-electron chi connectivity index (χ4n) is 2.68. The van der Waals surface area contributed by atoms with Gasteiger partial charge in [0.15, 0.2) is 0 Å². The van der Waals surface area contributed by atoms with Crippen LogP contribution in [0.25, 0.3) is 11.1 Å². The summed E-state index contributed by atoms with van der Waals surface area (Å²) in [5.41, 5.74) is 3.95. The van der Waals surface area contributed by atoms with Crippen LogP contribution in [0.2, 0.25) is 0 Å². The normalized spacial score (nSPS) is 10.3. The van der Waals surface area contributed by atoms with Crippen molar-refractivity contribution in [3.8, 4) is 29.2 Å². The van der Waals surface area contributed by atoms with Gasteiger partial charge < -0.3 is 4.74 Å². The lowest BCUT2D eigenvalue weighted by Crippen LogP contribution is -2.09. The summed E-state index contributed by atoms with van der Waals surface area (Å²) in [6.45, 7) is 1.64. The topological polar surface area (TPSA) is 26.3 Å². The first-order valence-corrected chi connectivity index (χ1v) is 8.68. The first-order chi connectivity index (χ1) is 13.1. The maximum Gasteiger partial charge on any atom is 0.343 e. The molecule has 0 N–H and O–H groups in total. The molecule has 0 fully saturated rings. The summed E-state index contributed by atoms with van der Waals surface area (Å²) < 4.78 is 18.9. The minimum atomic E-state index is -0.584. The average molecular weight is 358 g/mol. The molecule has 0 aliphatic heterocycles. The lowest BCUT2D eigenvalue weighted by molar-refractivity contribution is 0.0734. The second-order valence-electron chi connectivity index (χ2n) is 6.28. The van der Waals surface area contributed by atoms with Crippen LogP contribution in [0.4, 0.5) is 4.39 Å². The molecule has 0 heterocycles. The summed E-state index contributed by atoms with van der Waals surface area (Å²) in [6, 6.07) is 19.7. The Balaban J connectivity index is 1.68. The third-order valence-electron chi connectivity index (χ3n) is 4.32. The van der Waals surface area contributed by atoms with E-state index in [1.165, 1.54) is 11.6 Å². The van der Waals surface area contributed by atoms with Gasteiger partial charge in [-0.05, 0) is 59.9 Å². The van der Waals surface area contributed by atoms with Gasteiger partial charge in [0.05, 0.1) is 5.56 Å². The molecular weight excluding hydrogens is 339 g/mol. The molecule has 0 amide bonds. The van der Waals surface area contributed by atoms with Crippen LogP contribution in [0.1, 0.15) is 27.9 Å². The van der Waals surface area contributed by atoms with E-state index in [9.17, 15) is 9.18 Å². The van der Waals surface area contributed by atoms with Crippen molar-refractivity contribution in [2.24, 2.45) is 0 Å². The van der Waals surface area contributed by atoms with Gasteiger partial charge in [-0.25, -0.2) is 9.18 Å². The monoisotopic (exact) mass is 358 g/mol. The molecule has 3 heteroatoms. The van der Waals surface area contributed by atoms with E-state index in [0.717, 1.165) is 24.0 Å². The van der Waals surface area contributed by atoms with Gasteiger partial charge >= 0.3 is 5.97 Å². The zero-order chi connectivity index (χ0) is 19.2. The first-order valence-electron chi connectivity index (χ1n) is 8.68. The molecular formula is C24H19FO2. The number of esters is 1. The average Bonchev–Trinajstić information content (AvgIpc) is 2.69. The number of benzene rings is 3. The van der Waals surface area contributed by atoms with Gasteiger partial charge in [-0.1, -0.05) is 42.5 Å². The molecule has 3 rings (SSSR count). The Hall–Kier alpha value is -3.38. The minimum Gasteiger partial charge on any atom is -0.423 e. The molecule has 0 aliphatic rings. The molecule has 134 valence electrons. The van der Waals surface area contributed by atoms with Crippen LogP contribution in [0.15, 0.2) is 66.7 Å². The number of ether oxygens (including phenoxy) is 1. The highest BCUT2D eigenvalue weighted by atomic mass is 19.1. The van der Waals surface area contributed by atoms with Crippen molar-refractivity contribution in [1.82, 2.24) is 0 Å². The number of aryl methyl sites for hydroxylation is 2. The molecule has 2 nitrogen and oxygen atoms in total. The SMILES string of the molecule is C#CCCc1ccc(-c2ccc(OC(=O)c3ccc(C)c(F)c3)cc2)cc1. The van der Waals surface area contributed by atoms with E-state index < -0.39 is 11.8 Å². The number of rotatable bonds is 5. The zero-order valence-corrected chi connectivity index (χ0v) is 15.0. The van der Waals surface area contributed by atoms with E-state index in [1.54, 1.807) is 31.2 Å². The Morgan fingerprint density at radius 2 is 1.63 bits per heavy atom. The van der Waals surface area contributed by atoms with Crippen molar-refractivity contribution < 1.29 is 13.9 Å². The highest BCUT2D eigenvalue weighted by Crippen LogP contribution is 2.24. The molecule has 3 aromatic carbocycles. The fourth-order valence-corrected chi connectivity index (χ4v) is 2.68. The van der Waals surface area contributed by atoms with Crippen LogP contribution >= 0.6 is 0 Å². The molecule has 0 bridgehead atoms. The van der Waals surface area contributed by atoms with Crippen molar-refractivity contribution in [3.05, 3.63) is 89.2 Å². The molecule has 27 heavy (non-hydrogen) atoms. The molecule has 0 atom stereocenters. The number of halogens is 1. The van der Waals surface area contributed by atoms with Crippen molar-refractivity contribution in [2.45, 2.75) is 19.8 Å². The van der Waals surface area contributed by atoms with Crippen LogP contribution < -0.4 is 4.74 Å². The van der Waals surface area contributed by atoms with Gasteiger partial charge in [-0.3, -0.25) is 0 Å². The molecule has 0 saturated heterocycles. The highest BCUT2D eigenvalue weighted by Gasteiger charge is 2.11. The molecule has 0 aliphatic carbocycles. The molecule has 0 unspecified atom stereocenters. The maximum absolute atomic E-state index is 13.6. The van der Waals surface area contributed by atoms with E-state index in [4.69, 9.17) is 11.2 Å². The van der Waals surface area contributed by atoms with Crippen molar-refractivity contribution >= 4 is 5.97 Å². The summed E-state index contributed by atoms with van der Waals surface area (Å²) in [6.07, 6.45) is 6.89. The Kier molecular flexibility index (Phi) is 5.68. The van der Waals surface area contributed by atoms with Gasteiger partial charge in [0.1, 0.15) is 11.6 Å². The predicted octanol–water partition coefficient (Wildman–Crippen LogP) is 5.59. The Labute approximate surface area is 158 Å². The highest BCUT2D eigenvalue weighted by molar-refractivity contribution is 5.91. The summed E-state index contributed by atoms with van der Waals surface area (Å²) >= 11 is 0. The summed E-state index contributed by atoms with van der Waals surface area (Å²) in [4.78, 5) is 12.2. The second kappa shape index (κ2) is 8.33. The number of hydrogen-bond acceptors (Lipinski definition) is 2. The number of carbonyl (C=O) groups excluding carboxylic acids is 1. The summed E-state index contributed by atoms with van der Waals surface area (Å²) in [5, 5.41) is 0. The third kappa shape index (κ3) is 4.62. The van der Waals surface area contributed by atoms with Crippen LogP contribution in [-0.4, -0.2) is 5.97 Å². The molecule has 3 aromatic rings. The predicted molar refractivity (Wildman–Crippen MR) is 105 cm³/mol. The maximum atomic E-state index is 13.6. The van der Waals surface area contributed by atoms with E-state index >= 15 is 0 Å². The lowest BCUT2D eigenvalue weighted by Gasteiger charge is -2.07. The Bertz CT molecular complexity index is 980. The number of carbonyl (C=O) groups is 1. The van der Waals surface area contributed by atoms with Crippen LogP contribution in [0, 0.1) is 25.1 Å². The van der Waals surface area contributed by atoms with E-state index in [0.29, 0.717) is 11.3 Å². The van der Waals surface area contributed by atoms with Crippen LogP contribution in [0.5, 0.6) is 5.75 Å². The quantitative estimate of drug-likeness (QED) is 0.338. The van der Waals surface area contributed by atoms with Crippen molar-refractivity contribution in [3.63, 3.8) is 0 Å². The molecule has 0 spiro atoms. The van der Waals surface area contributed by atoms with Crippen molar-refractivity contribution in [2.75, 3.05) is 0 Å². The lowest BCUT2D eigenvalue weighted by atomic mass is 10.0. The Morgan fingerprint density at radius 1 is 1.00 bits per heavy atom. The van der Waals surface area contributed by atoms with E-state index in [1.807, 2.05) is 24.3 Å². The summed E-state index contributed by atoms with van der Waals surface area (Å²) in [5.74, 6) is 2.04. The van der Waals surface area contributed by atoms with Gasteiger partial charge in [-0.2, -0.15) is 0 Å². The van der Waals surface area contributed by atoms with E-state index in [2.05, 4.69) is 18.1 Å². The largest absolute Gasteiger partial charge is 0.423 e. The molecule has 0 saturated carbocycles. The molecule has 0 radical (unpaired) electrons. The van der Waals surface area contributed by atoms with Crippen LogP contribution in [0.3, 0.4) is 0 Å². The summed E-state index contributed by atoms with van der Waals surface area (Å²) in [7, 11) is 0. The minimum absolute atomic E-state index is 0.185. The van der Waals surface area contributed by atoms with Gasteiger partial charge in [0, 0.05) is 6.42 Å². The van der Waals surface area contributed by atoms with Crippen LogP contribution in [-0.2, 0) is 6.42 Å². The van der Waals surface area contributed by atoms with Gasteiger partial charge in [-0.15, -0.1) is 12.3 Å². The standard InChI is InChI=1S/C24H19FO2/c1-3-4-5-18-7-10-19(11-8-18)20-12-14-22(15-13-20)27-24(26)21-9-6-17(2)23(25)16-21/h1,6-16H,4-5H2,2H3. The van der Waals surface area contributed by atoms with Gasteiger partial charge in [0.2, 0.25) is 0 Å². The Morgan fingerprint density at radius 3 is 2.22 bits per heavy atom. The molecule has 0 aromatic heterocycles. The second-order valence-corrected chi connectivity index (χ2v) is 6.28. The number of hydrogen-bond donors (Lipinski definition) is 0. The third-order valence-corrected chi connectivity index (χ3v) is 4.32. The fraction of sp³-hybridized carbons (Fsp3) is 0.125. The van der Waals surface area contributed by atoms with Crippen molar-refractivity contribution in [1.29, 1.82) is 0 Å². The zero-order valence-electron chi connectivity index (χ0n) is 15.0. The van der Waals surface area contributed by atoms with Gasteiger partial charge in [0.25, 0.3) is 0 Å². The first kappa shape index (κ1) is 18.4. The number of terminal acetylenes is 1. The smallest absolute Gasteiger partial charge is 0.343 e. The van der Waals surface area contributed by atoms with E-state index in [-0.39, 0.29) is 5.56 Å².